The zero-order chi connectivity index (χ0) is 15.4. The third-order valence-corrected chi connectivity index (χ3v) is 4.68. The average molecular weight is 302 g/mol. The quantitative estimate of drug-likeness (QED) is 0.835. The SMILES string of the molecule is CC(C)Oc1ccc(CN2CCC(NCC3CC3)CC2)cc1. The summed E-state index contributed by atoms with van der Waals surface area (Å²) < 4.78 is 5.70. The van der Waals surface area contributed by atoms with Crippen LogP contribution in [0.15, 0.2) is 24.3 Å². The number of hydrogen-bond acceptors (Lipinski definition) is 3. The van der Waals surface area contributed by atoms with Crippen molar-refractivity contribution in [3.63, 3.8) is 0 Å². The van der Waals surface area contributed by atoms with Crippen LogP contribution in [0.4, 0.5) is 0 Å². The number of benzene rings is 1. The Morgan fingerprint density at radius 2 is 1.77 bits per heavy atom. The summed E-state index contributed by atoms with van der Waals surface area (Å²) in [6.07, 6.45) is 5.72. The Kier molecular flexibility index (Phi) is 5.37. The fraction of sp³-hybridized carbons (Fsp3) is 0.684. The molecule has 1 heterocycles. The summed E-state index contributed by atoms with van der Waals surface area (Å²) in [5.74, 6) is 1.96. The first-order valence-electron chi connectivity index (χ1n) is 8.90. The van der Waals surface area contributed by atoms with E-state index in [0.29, 0.717) is 0 Å². The maximum atomic E-state index is 5.70. The largest absolute Gasteiger partial charge is 0.491 e. The molecule has 0 radical (unpaired) electrons. The van der Waals surface area contributed by atoms with E-state index in [2.05, 4.69) is 48.3 Å². The fourth-order valence-corrected chi connectivity index (χ4v) is 3.15. The van der Waals surface area contributed by atoms with Gasteiger partial charge >= 0.3 is 0 Å². The van der Waals surface area contributed by atoms with Crippen molar-refractivity contribution in [3.8, 4) is 5.75 Å². The Morgan fingerprint density at radius 1 is 1.09 bits per heavy atom. The van der Waals surface area contributed by atoms with Gasteiger partial charge in [0.2, 0.25) is 0 Å². The Morgan fingerprint density at radius 3 is 2.36 bits per heavy atom. The predicted octanol–water partition coefficient (Wildman–Crippen LogP) is 3.44. The molecule has 1 aromatic rings. The van der Waals surface area contributed by atoms with Crippen molar-refractivity contribution in [2.24, 2.45) is 5.92 Å². The predicted molar refractivity (Wildman–Crippen MR) is 91.2 cm³/mol. The monoisotopic (exact) mass is 302 g/mol. The maximum absolute atomic E-state index is 5.70. The summed E-state index contributed by atoms with van der Waals surface area (Å²) in [7, 11) is 0. The molecular formula is C19H30N2O. The molecular weight excluding hydrogens is 272 g/mol. The van der Waals surface area contributed by atoms with E-state index in [1.807, 2.05) is 0 Å². The summed E-state index contributed by atoms with van der Waals surface area (Å²) in [6, 6.07) is 9.35. The van der Waals surface area contributed by atoms with Crippen molar-refractivity contribution < 1.29 is 4.74 Å². The van der Waals surface area contributed by atoms with Crippen molar-refractivity contribution in [2.75, 3.05) is 19.6 Å². The Hall–Kier alpha value is -1.06. The molecule has 0 amide bonds. The molecule has 2 fully saturated rings. The number of nitrogens with zero attached hydrogens (tertiary/aromatic N) is 1. The van der Waals surface area contributed by atoms with Gasteiger partial charge in [-0.05, 0) is 82.8 Å². The maximum Gasteiger partial charge on any atom is 0.119 e. The van der Waals surface area contributed by atoms with Crippen molar-refractivity contribution in [2.45, 2.75) is 58.2 Å². The Labute approximate surface area is 135 Å². The second-order valence-electron chi connectivity index (χ2n) is 7.21. The summed E-state index contributed by atoms with van der Waals surface area (Å²) in [5, 5.41) is 3.75. The third-order valence-electron chi connectivity index (χ3n) is 4.68. The number of hydrogen-bond donors (Lipinski definition) is 1. The van der Waals surface area contributed by atoms with Gasteiger partial charge in [0.1, 0.15) is 5.75 Å². The highest BCUT2D eigenvalue weighted by atomic mass is 16.5. The molecule has 3 heteroatoms. The summed E-state index contributed by atoms with van der Waals surface area (Å²) in [4.78, 5) is 2.58. The molecule has 0 unspecified atom stereocenters. The normalized spacial score (nSPS) is 20.5. The Bertz CT molecular complexity index is 445. The molecule has 0 atom stereocenters. The van der Waals surface area contributed by atoms with Crippen LogP contribution in [0.1, 0.15) is 45.1 Å². The number of nitrogens with one attached hydrogen (secondary N) is 1. The van der Waals surface area contributed by atoms with E-state index in [1.165, 1.54) is 50.9 Å². The minimum Gasteiger partial charge on any atom is -0.491 e. The zero-order valence-electron chi connectivity index (χ0n) is 14.1. The van der Waals surface area contributed by atoms with Gasteiger partial charge in [-0.15, -0.1) is 0 Å². The first kappa shape index (κ1) is 15.8. The van der Waals surface area contributed by atoms with Gasteiger partial charge in [0.25, 0.3) is 0 Å². The van der Waals surface area contributed by atoms with E-state index in [4.69, 9.17) is 4.74 Å². The number of piperidine rings is 1. The van der Waals surface area contributed by atoms with Crippen molar-refractivity contribution in [3.05, 3.63) is 29.8 Å². The van der Waals surface area contributed by atoms with Crippen LogP contribution in [-0.4, -0.2) is 36.7 Å². The molecule has 3 rings (SSSR count). The highest BCUT2D eigenvalue weighted by molar-refractivity contribution is 5.27. The minimum atomic E-state index is 0.244. The van der Waals surface area contributed by atoms with Gasteiger partial charge in [0.15, 0.2) is 0 Å². The summed E-state index contributed by atoms with van der Waals surface area (Å²) >= 11 is 0. The number of rotatable bonds is 7. The first-order chi connectivity index (χ1) is 10.7. The molecule has 1 saturated heterocycles. The molecule has 0 spiro atoms. The Balaban J connectivity index is 1.39. The lowest BCUT2D eigenvalue weighted by atomic mass is 10.0. The molecule has 122 valence electrons. The van der Waals surface area contributed by atoms with E-state index in [0.717, 1.165) is 24.3 Å². The van der Waals surface area contributed by atoms with Crippen LogP contribution in [0.5, 0.6) is 5.75 Å². The van der Waals surface area contributed by atoms with Gasteiger partial charge in [-0.25, -0.2) is 0 Å². The molecule has 22 heavy (non-hydrogen) atoms. The van der Waals surface area contributed by atoms with E-state index in [-0.39, 0.29) is 6.10 Å². The lowest BCUT2D eigenvalue weighted by Crippen LogP contribution is -2.42. The molecule has 1 aliphatic carbocycles. The molecule has 3 nitrogen and oxygen atoms in total. The third kappa shape index (κ3) is 4.99. The van der Waals surface area contributed by atoms with Gasteiger partial charge in [0, 0.05) is 12.6 Å². The summed E-state index contributed by atoms with van der Waals surface area (Å²) in [5.41, 5.74) is 1.39. The van der Waals surface area contributed by atoms with Crippen LogP contribution in [0.2, 0.25) is 0 Å². The van der Waals surface area contributed by atoms with Crippen molar-refractivity contribution in [1.82, 2.24) is 10.2 Å². The second kappa shape index (κ2) is 7.47. The molecule has 1 aromatic carbocycles. The minimum absolute atomic E-state index is 0.244. The summed E-state index contributed by atoms with van der Waals surface area (Å²) in [6.45, 7) is 8.88. The van der Waals surface area contributed by atoms with Gasteiger partial charge in [-0.2, -0.15) is 0 Å². The van der Waals surface area contributed by atoms with Gasteiger partial charge < -0.3 is 10.1 Å². The lowest BCUT2D eigenvalue weighted by molar-refractivity contribution is 0.190. The highest BCUT2D eigenvalue weighted by Crippen LogP contribution is 2.28. The smallest absolute Gasteiger partial charge is 0.119 e. The molecule has 1 aliphatic heterocycles. The zero-order valence-corrected chi connectivity index (χ0v) is 14.1. The highest BCUT2D eigenvalue weighted by Gasteiger charge is 2.24. The molecule has 0 aromatic heterocycles. The van der Waals surface area contributed by atoms with Crippen LogP contribution < -0.4 is 10.1 Å². The van der Waals surface area contributed by atoms with Gasteiger partial charge in [0.05, 0.1) is 6.10 Å². The standard InChI is InChI=1S/C19H30N2O/c1-15(2)22-19-7-5-17(6-8-19)14-21-11-9-18(10-12-21)20-13-16-3-4-16/h5-8,15-16,18,20H,3-4,9-14H2,1-2H3. The number of ether oxygens (including phenoxy) is 1. The molecule has 0 bridgehead atoms. The van der Waals surface area contributed by atoms with Crippen LogP contribution in [-0.2, 0) is 6.54 Å². The van der Waals surface area contributed by atoms with Crippen molar-refractivity contribution >= 4 is 0 Å². The van der Waals surface area contributed by atoms with E-state index >= 15 is 0 Å². The molecule has 1 saturated carbocycles. The van der Waals surface area contributed by atoms with Crippen LogP contribution in [0, 0.1) is 5.92 Å². The molecule has 2 aliphatic rings. The van der Waals surface area contributed by atoms with E-state index in [1.54, 1.807) is 0 Å². The second-order valence-corrected chi connectivity index (χ2v) is 7.21. The lowest BCUT2D eigenvalue weighted by Gasteiger charge is -2.32. The fourth-order valence-electron chi connectivity index (χ4n) is 3.15. The average Bonchev–Trinajstić information content (AvgIpc) is 3.32. The van der Waals surface area contributed by atoms with Gasteiger partial charge in [-0.3, -0.25) is 4.90 Å². The van der Waals surface area contributed by atoms with E-state index in [9.17, 15) is 0 Å². The van der Waals surface area contributed by atoms with Crippen LogP contribution >= 0.6 is 0 Å². The first-order valence-corrected chi connectivity index (χ1v) is 8.90. The van der Waals surface area contributed by atoms with Crippen LogP contribution in [0.3, 0.4) is 0 Å². The van der Waals surface area contributed by atoms with Crippen molar-refractivity contribution in [1.29, 1.82) is 0 Å². The topological polar surface area (TPSA) is 24.5 Å². The van der Waals surface area contributed by atoms with Crippen LogP contribution in [0.25, 0.3) is 0 Å². The number of likely N-dealkylation sites (tertiary alicyclic amines) is 1. The van der Waals surface area contributed by atoms with Gasteiger partial charge in [-0.1, -0.05) is 12.1 Å². The molecule has 1 N–H and O–H groups in total. The van der Waals surface area contributed by atoms with E-state index < -0.39 is 0 Å².